The second-order valence-corrected chi connectivity index (χ2v) is 7.42. The number of anilines is 1. The maximum Gasteiger partial charge on any atom is 0.252 e. The van der Waals surface area contributed by atoms with Gasteiger partial charge in [-0.05, 0) is 49.3 Å². The molecule has 1 aliphatic heterocycles. The van der Waals surface area contributed by atoms with Crippen molar-refractivity contribution in [2.75, 3.05) is 5.32 Å². The molecule has 4 rings (SSSR count). The smallest absolute Gasteiger partial charge is 0.252 e. The lowest BCUT2D eigenvalue weighted by Gasteiger charge is -2.22. The first kappa shape index (κ1) is 19.2. The van der Waals surface area contributed by atoms with Crippen LogP contribution in [-0.4, -0.2) is 44.1 Å². The Balaban J connectivity index is 1.54. The summed E-state index contributed by atoms with van der Waals surface area (Å²) in [6.45, 7) is 0.00111. The second-order valence-electron chi connectivity index (χ2n) is 7.06. The Morgan fingerprint density at radius 2 is 2.10 bits per heavy atom. The number of carbonyl (C=O) groups excluding carboxylic acids is 2. The minimum absolute atomic E-state index is 0.00111. The number of aryl methyl sites for hydroxylation is 1. The molecule has 2 aromatic rings. The number of benzene rings is 1. The molecule has 2 aliphatic rings. The predicted octanol–water partition coefficient (Wildman–Crippen LogP) is 0.201. The van der Waals surface area contributed by atoms with Crippen LogP contribution in [0.25, 0.3) is 0 Å². The standard InChI is InChI=1S/C18H18FN5O4S/c1-22-14(17(27)28-21-22)9-23-13(16(26)24(18(23)29)12-6-7-12)8-15(25)20-11-4-2-10(19)3-5-11/h2-5,12-13H,6-9H2,1H3,(H-,20,21,25,27). The maximum absolute atomic E-state index is 13.0. The molecule has 2 fully saturated rings. The topological polar surface area (TPSA) is 106 Å². The monoisotopic (exact) mass is 419 g/mol. The minimum atomic E-state index is -0.849. The van der Waals surface area contributed by atoms with Crippen LogP contribution in [0.1, 0.15) is 25.0 Å². The van der Waals surface area contributed by atoms with Crippen molar-refractivity contribution < 1.29 is 28.3 Å². The van der Waals surface area contributed by atoms with Crippen molar-refractivity contribution in [1.29, 1.82) is 0 Å². The summed E-state index contributed by atoms with van der Waals surface area (Å²) in [5.41, 5.74) is 0.643. The number of rotatable bonds is 6. The highest BCUT2D eigenvalue weighted by atomic mass is 32.1. The van der Waals surface area contributed by atoms with Crippen LogP contribution in [0.4, 0.5) is 10.1 Å². The Labute approximate surface area is 170 Å². The summed E-state index contributed by atoms with van der Waals surface area (Å²) >= 11 is 5.48. The van der Waals surface area contributed by atoms with Crippen molar-refractivity contribution in [3.63, 3.8) is 0 Å². The highest BCUT2D eigenvalue weighted by Gasteiger charge is 2.49. The van der Waals surface area contributed by atoms with Crippen LogP contribution < -0.4 is 15.1 Å². The number of carbonyl (C=O) groups is 2. The lowest BCUT2D eigenvalue weighted by Crippen LogP contribution is -2.42. The molecule has 1 N–H and O–H groups in total. The quantitative estimate of drug-likeness (QED) is 0.527. The van der Waals surface area contributed by atoms with Gasteiger partial charge in [0, 0.05) is 11.7 Å². The third kappa shape index (κ3) is 3.77. The van der Waals surface area contributed by atoms with Gasteiger partial charge < -0.3 is 19.8 Å². The van der Waals surface area contributed by atoms with Gasteiger partial charge in [-0.2, -0.15) is 0 Å². The van der Waals surface area contributed by atoms with E-state index < -0.39 is 23.7 Å². The number of aromatic nitrogens is 2. The zero-order valence-corrected chi connectivity index (χ0v) is 16.3. The molecule has 2 amide bonds. The molecule has 1 unspecified atom stereocenters. The van der Waals surface area contributed by atoms with E-state index in [4.69, 9.17) is 12.2 Å². The molecule has 1 aromatic heterocycles. The first-order valence-corrected chi connectivity index (χ1v) is 9.47. The van der Waals surface area contributed by atoms with Gasteiger partial charge in [0.05, 0.1) is 11.7 Å². The molecule has 9 nitrogen and oxygen atoms in total. The molecular weight excluding hydrogens is 401 g/mol. The lowest BCUT2D eigenvalue weighted by molar-refractivity contribution is -0.746. The number of nitrogens with zero attached hydrogens (tertiary/aromatic N) is 4. The van der Waals surface area contributed by atoms with Gasteiger partial charge in [0.15, 0.2) is 18.1 Å². The fraction of sp³-hybridized carbons (Fsp3) is 0.389. The van der Waals surface area contributed by atoms with E-state index in [2.05, 4.69) is 15.1 Å². The van der Waals surface area contributed by atoms with Crippen LogP contribution in [0.3, 0.4) is 0 Å². The fourth-order valence-corrected chi connectivity index (χ4v) is 3.72. The van der Waals surface area contributed by atoms with E-state index >= 15 is 0 Å². The van der Waals surface area contributed by atoms with Crippen molar-refractivity contribution in [2.45, 2.75) is 37.9 Å². The zero-order chi connectivity index (χ0) is 20.7. The summed E-state index contributed by atoms with van der Waals surface area (Å²) in [5, 5.41) is 18.4. The third-order valence-corrected chi connectivity index (χ3v) is 5.39. The van der Waals surface area contributed by atoms with E-state index in [1.807, 2.05) is 0 Å². The van der Waals surface area contributed by atoms with Gasteiger partial charge in [-0.25, -0.2) is 4.39 Å². The minimum Gasteiger partial charge on any atom is -0.539 e. The second kappa shape index (κ2) is 7.39. The van der Waals surface area contributed by atoms with Crippen LogP contribution in [0.5, 0.6) is 5.95 Å². The van der Waals surface area contributed by atoms with Crippen molar-refractivity contribution in [3.05, 3.63) is 35.8 Å². The molecule has 11 heteroatoms. The number of halogens is 1. The zero-order valence-electron chi connectivity index (χ0n) is 15.5. The first-order chi connectivity index (χ1) is 13.8. The Kier molecular flexibility index (Phi) is 4.91. The normalized spacial score (nSPS) is 19.2. The van der Waals surface area contributed by atoms with E-state index in [0.29, 0.717) is 5.69 Å². The van der Waals surface area contributed by atoms with E-state index in [1.165, 1.54) is 33.8 Å². The number of nitrogens with one attached hydrogen (secondary N) is 1. The van der Waals surface area contributed by atoms with E-state index in [9.17, 15) is 19.1 Å². The molecule has 0 spiro atoms. The molecule has 0 bridgehead atoms. The molecule has 29 heavy (non-hydrogen) atoms. The van der Waals surface area contributed by atoms with Crippen molar-refractivity contribution in [1.82, 2.24) is 15.1 Å². The maximum atomic E-state index is 13.0. The number of amides is 2. The fourth-order valence-electron chi connectivity index (χ4n) is 3.29. The van der Waals surface area contributed by atoms with E-state index in [0.717, 1.165) is 12.8 Å². The summed E-state index contributed by atoms with van der Waals surface area (Å²) in [4.78, 5) is 28.6. The van der Waals surface area contributed by atoms with Crippen molar-refractivity contribution in [3.8, 4) is 5.95 Å². The summed E-state index contributed by atoms with van der Waals surface area (Å²) in [5.74, 6) is -1.72. The van der Waals surface area contributed by atoms with Crippen LogP contribution in [0.15, 0.2) is 28.8 Å². The average Bonchev–Trinajstić information content (AvgIpc) is 3.42. The van der Waals surface area contributed by atoms with Gasteiger partial charge in [0.25, 0.3) is 11.6 Å². The van der Waals surface area contributed by atoms with Crippen molar-refractivity contribution in [2.24, 2.45) is 7.05 Å². The predicted molar refractivity (Wildman–Crippen MR) is 98.6 cm³/mol. The summed E-state index contributed by atoms with van der Waals surface area (Å²) in [6.07, 6.45) is 1.53. The number of hydrogen-bond donors (Lipinski definition) is 1. The molecule has 1 saturated heterocycles. The molecule has 2 heterocycles. The van der Waals surface area contributed by atoms with Crippen LogP contribution in [0, 0.1) is 5.82 Å². The van der Waals surface area contributed by atoms with Gasteiger partial charge in [-0.3, -0.25) is 14.5 Å². The largest absolute Gasteiger partial charge is 0.539 e. The number of hydrogen-bond acceptors (Lipinski definition) is 6. The van der Waals surface area contributed by atoms with Gasteiger partial charge in [-0.15, -0.1) is 0 Å². The number of thiocarbonyl (C=S) groups is 1. The first-order valence-electron chi connectivity index (χ1n) is 9.06. The Bertz CT molecular complexity index is 956. The summed E-state index contributed by atoms with van der Waals surface area (Å²) in [7, 11) is 1.55. The Hall–Kier alpha value is -3.08. The Morgan fingerprint density at radius 1 is 1.41 bits per heavy atom. The van der Waals surface area contributed by atoms with E-state index in [-0.39, 0.29) is 35.7 Å². The molecule has 1 aromatic carbocycles. The SMILES string of the molecule is C[n+]1noc([O-])c1CN1C(=S)N(C2CC2)C(=O)C1CC(=O)Nc1ccc(F)cc1. The molecule has 0 radical (unpaired) electrons. The van der Waals surface area contributed by atoms with Gasteiger partial charge in [-0.1, -0.05) is 4.68 Å². The summed E-state index contributed by atoms with van der Waals surface area (Å²) < 4.78 is 19.0. The third-order valence-electron chi connectivity index (χ3n) is 4.96. The van der Waals surface area contributed by atoms with Crippen LogP contribution in [0.2, 0.25) is 0 Å². The van der Waals surface area contributed by atoms with E-state index in [1.54, 1.807) is 11.9 Å². The molecule has 152 valence electrons. The molecule has 1 aliphatic carbocycles. The molecular formula is C18H18FN5O4S. The Morgan fingerprint density at radius 3 is 2.69 bits per heavy atom. The summed E-state index contributed by atoms with van der Waals surface area (Å²) in [6, 6.07) is 4.51. The molecule has 1 saturated carbocycles. The molecule has 1 atom stereocenters. The highest BCUT2D eigenvalue weighted by molar-refractivity contribution is 7.80. The van der Waals surface area contributed by atoms with Gasteiger partial charge in [0.1, 0.15) is 18.4 Å². The van der Waals surface area contributed by atoms with Gasteiger partial charge >= 0.3 is 0 Å². The van der Waals surface area contributed by atoms with Gasteiger partial charge in [0.2, 0.25) is 5.91 Å². The van der Waals surface area contributed by atoms with Crippen LogP contribution >= 0.6 is 12.2 Å². The lowest BCUT2D eigenvalue weighted by atomic mass is 10.1. The average molecular weight is 419 g/mol. The van der Waals surface area contributed by atoms with Crippen molar-refractivity contribution >= 4 is 34.8 Å². The van der Waals surface area contributed by atoms with Crippen LogP contribution in [-0.2, 0) is 23.2 Å². The highest BCUT2D eigenvalue weighted by Crippen LogP contribution is 2.34.